The third-order valence-corrected chi connectivity index (χ3v) is 2.83. The van der Waals surface area contributed by atoms with Gasteiger partial charge in [0.15, 0.2) is 0 Å². The Bertz CT molecular complexity index is 186. The molecule has 0 aromatic carbocycles. The van der Waals surface area contributed by atoms with Crippen molar-refractivity contribution in [3.8, 4) is 0 Å². The normalized spacial score (nSPS) is 27.8. The lowest BCUT2D eigenvalue weighted by Crippen LogP contribution is -2.34. The number of carbonyl (C=O) groups excluding carboxylic acids is 1. The summed E-state index contributed by atoms with van der Waals surface area (Å²) < 4.78 is 0. The average molecular weight is 169 g/mol. The van der Waals surface area contributed by atoms with E-state index in [9.17, 15) is 4.79 Å². The van der Waals surface area contributed by atoms with Crippen LogP contribution in [0.2, 0.25) is 0 Å². The van der Waals surface area contributed by atoms with E-state index in [1.807, 2.05) is 6.92 Å². The fourth-order valence-electron chi connectivity index (χ4n) is 1.36. The van der Waals surface area contributed by atoms with Crippen molar-refractivity contribution in [3.63, 3.8) is 0 Å². The predicted octanol–water partition coefficient (Wildman–Crippen LogP) is 1.95. The summed E-state index contributed by atoms with van der Waals surface area (Å²) in [5, 5.41) is 3.01. The molecule has 1 unspecified atom stereocenters. The first-order valence-electron chi connectivity index (χ1n) is 4.77. The maximum absolute atomic E-state index is 11.5. The zero-order valence-electron chi connectivity index (χ0n) is 8.48. The Hall–Kier alpha value is -0.530. The first-order valence-corrected chi connectivity index (χ1v) is 4.77. The van der Waals surface area contributed by atoms with E-state index in [0.29, 0.717) is 6.04 Å². The minimum absolute atomic E-state index is 0.245. The third kappa shape index (κ3) is 1.99. The lowest BCUT2D eigenvalue weighted by Gasteiger charge is -2.11. The van der Waals surface area contributed by atoms with Gasteiger partial charge in [-0.15, -0.1) is 0 Å². The van der Waals surface area contributed by atoms with Crippen molar-refractivity contribution in [1.82, 2.24) is 5.32 Å². The highest BCUT2D eigenvalue weighted by molar-refractivity contribution is 5.82. The zero-order chi connectivity index (χ0) is 9.35. The van der Waals surface area contributed by atoms with Crippen LogP contribution in [0.1, 0.15) is 40.5 Å². The van der Waals surface area contributed by atoms with Crippen molar-refractivity contribution in [2.45, 2.75) is 46.6 Å². The van der Waals surface area contributed by atoms with Crippen LogP contribution in [-0.4, -0.2) is 11.9 Å². The smallest absolute Gasteiger partial charge is 0.223 e. The number of rotatable bonds is 3. The van der Waals surface area contributed by atoms with Gasteiger partial charge >= 0.3 is 0 Å². The minimum atomic E-state index is 0.245. The Morgan fingerprint density at radius 1 is 1.67 bits per heavy atom. The number of nitrogens with one attached hydrogen (secondary N) is 1. The van der Waals surface area contributed by atoms with E-state index in [4.69, 9.17) is 0 Å². The fraction of sp³-hybridized carbons (Fsp3) is 0.900. The Kier molecular flexibility index (Phi) is 2.45. The number of hydrogen-bond acceptors (Lipinski definition) is 1. The second-order valence-electron chi connectivity index (χ2n) is 4.56. The molecule has 0 aliphatic heterocycles. The Balaban J connectivity index is 2.32. The monoisotopic (exact) mass is 169 g/mol. The van der Waals surface area contributed by atoms with E-state index in [0.717, 1.165) is 12.8 Å². The molecular formula is C10H19NO. The summed E-state index contributed by atoms with van der Waals surface area (Å²) >= 11 is 0. The molecule has 0 saturated heterocycles. The van der Waals surface area contributed by atoms with Crippen LogP contribution >= 0.6 is 0 Å². The third-order valence-electron chi connectivity index (χ3n) is 2.83. The molecule has 0 heterocycles. The first-order chi connectivity index (χ1) is 5.47. The highest BCUT2D eigenvalue weighted by atomic mass is 16.2. The maximum atomic E-state index is 11.5. The Morgan fingerprint density at radius 3 is 2.50 bits per heavy atom. The van der Waals surface area contributed by atoms with Crippen LogP contribution < -0.4 is 5.32 Å². The zero-order valence-corrected chi connectivity index (χ0v) is 8.48. The SMILES string of the molecule is CC[C@@H](C)NC(=O)C1CC1(C)C. The maximum Gasteiger partial charge on any atom is 0.223 e. The van der Waals surface area contributed by atoms with Gasteiger partial charge in [-0.1, -0.05) is 20.8 Å². The standard InChI is InChI=1S/C10H19NO/c1-5-7(2)11-9(12)8-6-10(8,3)4/h7-8H,5-6H2,1-4H3,(H,11,12)/t7-,8?/m1/s1. The topological polar surface area (TPSA) is 29.1 Å². The largest absolute Gasteiger partial charge is 0.353 e. The second kappa shape index (κ2) is 3.08. The van der Waals surface area contributed by atoms with E-state index >= 15 is 0 Å². The minimum Gasteiger partial charge on any atom is -0.353 e. The molecule has 2 heteroatoms. The van der Waals surface area contributed by atoms with Gasteiger partial charge in [0.25, 0.3) is 0 Å². The molecule has 1 aliphatic carbocycles. The molecule has 1 saturated carbocycles. The summed E-state index contributed by atoms with van der Waals surface area (Å²) in [6.07, 6.45) is 2.06. The predicted molar refractivity (Wildman–Crippen MR) is 49.8 cm³/mol. The summed E-state index contributed by atoms with van der Waals surface area (Å²) in [7, 11) is 0. The van der Waals surface area contributed by atoms with Crippen molar-refractivity contribution in [3.05, 3.63) is 0 Å². The number of carbonyl (C=O) groups is 1. The van der Waals surface area contributed by atoms with Crippen LogP contribution in [0.3, 0.4) is 0 Å². The van der Waals surface area contributed by atoms with Crippen molar-refractivity contribution in [2.75, 3.05) is 0 Å². The summed E-state index contributed by atoms with van der Waals surface area (Å²) in [4.78, 5) is 11.5. The summed E-state index contributed by atoms with van der Waals surface area (Å²) in [6, 6.07) is 0.328. The fourth-order valence-corrected chi connectivity index (χ4v) is 1.36. The molecule has 0 spiro atoms. The molecule has 0 aromatic rings. The van der Waals surface area contributed by atoms with E-state index in [1.165, 1.54) is 0 Å². The highest BCUT2D eigenvalue weighted by Crippen LogP contribution is 2.51. The van der Waals surface area contributed by atoms with Gasteiger partial charge in [0.05, 0.1) is 0 Å². The molecule has 1 rings (SSSR count). The second-order valence-corrected chi connectivity index (χ2v) is 4.56. The molecule has 12 heavy (non-hydrogen) atoms. The molecule has 0 aromatic heterocycles. The van der Waals surface area contributed by atoms with E-state index in [2.05, 4.69) is 26.1 Å². The van der Waals surface area contributed by atoms with Crippen LogP contribution in [0.5, 0.6) is 0 Å². The highest BCUT2D eigenvalue weighted by Gasteiger charge is 2.50. The molecule has 0 radical (unpaired) electrons. The Morgan fingerprint density at radius 2 is 2.17 bits per heavy atom. The van der Waals surface area contributed by atoms with Crippen LogP contribution in [0.4, 0.5) is 0 Å². The van der Waals surface area contributed by atoms with Crippen molar-refractivity contribution >= 4 is 5.91 Å². The molecule has 1 fully saturated rings. The van der Waals surface area contributed by atoms with Gasteiger partial charge < -0.3 is 5.32 Å². The quantitative estimate of drug-likeness (QED) is 0.687. The van der Waals surface area contributed by atoms with Crippen molar-refractivity contribution < 1.29 is 4.79 Å². The number of amides is 1. The van der Waals surface area contributed by atoms with Crippen molar-refractivity contribution in [1.29, 1.82) is 0 Å². The lowest BCUT2D eigenvalue weighted by atomic mass is 10.1. The van der Waals surface area contributed by atoms with Crippen molar-refractivity contribution in [2.24, 2.45) is 11.3 Å². The van der Waals surface area contributed by atoms with Crippen LogP contribution in [-0.2, 0) is 4.79 Å². The molecule has 1 N–H and O–H groups in total. The van der Waals surface area contributed by atoms with Gasteiger partial charge in [0.1, 0.15) is 0 Å². The van der Waals surface area contributed by atoms with Gasteiger partial charge in [0, 0.05) is 12.0 Å². The Labute approximate surface area is 74.7 Å². The van der Waals surface area contributed by atoms with Gasteiger partial charge in [0.2, 0.25) is 5.91 Å². The first kappa shape index (κ1) is 9.56. The number of hydrogen-bond donors (Lipinski definition) is 1. The van der Waals surface area contributed by atoms with Crippen LogP contribution in [0.15, 0.2) is 0 Å². The van der Waals surface area contributed by atoms with Gasteiger partial charge in [-0.25, -0.2) is 0 Å². The summed E-state index contributed by atoms with van der Waals surface area (Å²) in [6.45, 7) is 8.43. The molecule has 0 bridgehead atoms. The molecule has 70 valence electrons. The molecule has 1 aliphatic rings. The van der Waals surface area contributed by atoms with E-state index < -0.39 is 0 Å². The molecule has 2 nitrogen and oxygen atoms in total. The van der Waals surface area contributed by atoms with E-state index in [1.54, 1.807) is 0 Å². The average Bonchev–Trinajstić information content (AvgIpc) is 2.59. The van der Waals surface area contributed by atoms with Gasteiger partial charge in [-0.3, -0.25) is 4.79 Å². The molecular weight excluding hydrogens is 150 g/mol. The van der Waals surface area contributed by atoms with Crippen LogP contribution in [0, 0.1) is 11.3 Å². The van der Waals surface area contributed by atoms with Crippen LogP contribution in [0.25, 0.3) is 0 Å². The van der Waals surface area contributed by atoms with Gasteiger partial charge in [-0.2, -0.15) is 0 Å². The molecule has 2 atom stereocenters. The van der Waals surface area contributed by atoms with Gasteiger partial charge in [-0.05, 0) is 25.2 Å². The summed E-state index contributed by atoms with van der Waals surface area (Å²) in [5.74, 6) is 0.515. The summed E-state index contributed by atoms with van der Waals surface area (Å²) in [5.41, 5.74) is 0.261. The molecule has 1 amide bonds. The lowest BCUT2D eigenvalue weighted by molar-refractivity contribution is -0.123. The van der Waals surface area contributed by atoms with E-state index in [-0.39, 0.29) is 17.2 Å².